The maximum atomic E-state index is 13.0. The third-order valence-electron chi connectivity index (χ3n) is 11.4. The molecule has 0 N–H and O–H groups in total. The largest absolute Gasteiger partial charge is 0.459 e. The molecule has 0 spiro atoms. The molecule has 1 heterocycles. The number of esters is 2. The Labute approximate surface area is 296 Å². The van der Waals surface area contributed by atoms with Crippen LogP contribution >= 0.6 is 0 Å². The van der Waals surface area contributed by atoms with Gasteiger partial charge in [0.25, 0.3) is 0 Å². The zero-order valence-electron chi connectivity index (χ0n) is 30.8. The molecular formula is C43H62O6. The monoisotopic (exact) mass is 674 g/mol. The van der Waals surface area contributed by atoms with Gasteiger partial charge in [-0.1, -0.05) is 89.5 Å². The highest BCUT2D eigenvalue weighted by molar-refractivity contribution is 5.90. The van der Waals surface area contributed by atoms with E-state index in [0.717, 1.165) is 11.8 Å². The Balaban J connectivity index is 1.05. The van der Waals surface area contributed by atoms with Crippen LogP contribution < -0.4 is 0 Å². The lowest BCUT2D eigenvalue weighted by Crippen LogP contribution is -2.33. The molecule has 2 saturated carbocycles. The lowest BCUT2D eigenvalue weighted by Gasteiger charge is -2.29. The number of hydrogen-bond acceptors (Lipinski definition) is 6. The van der Waals surface area contributed by atoms with Crippen LogP contribution in [-0.4, -0.2) is 43.1 Å². The first-order valence-electron chi connectivity index (χ1n) is 19.6. The van der Waals surface area contributed by atoms with Gasteiger partial charge in [0.1, 0.15) is 25.4 Å². The summed E-state index contributed by atoms with van der Waals surface area (Å²) in [6.07, 6.45) is 19.8. The quantitative estimate of drug-likeness (QED) is 0.130. The average molecular weight is 675 g/mol. The molecule has 2 atom stereocenters. The first-order valence-corrected chi connectivity index (χ1v) is 19.6. The summed E-state index contributed by atoms with van der Waals surface area (Å²) in [7, 11) is 0. The highest BCUT2D eigenvalue weighted by Crippen LogP contribution is 2.39. The van der Waals surface area contributed by atoms with Gasteiger partial charge < -0.3 is 18.9 Å². The third-order valence-corrected chi connectivity index (χ3v) is 11.4. The predicted molar refractivity (Wildman–Crippen MR) is 195 cm³/mol. The number of carbonyl (C=O) groups is 2. The van der Waals surface area contributed by atoms with Gasteiger partial charge in [0, 0.05) is 0 Å². The zero-order valence-corrected chi connectivity index (χ0v) is 30.8. The molecule has 0 bridgehead atoms. The minimum absolute atomic E-state index is 0.0177. The molecule has 6 heteroatoms. The van der Waals surface area contributed by atoms with Gasteiger partial charge in [0.05, 0.1) is 11.1 Å². The SMILES string of the molecule is CCCCC[C@H]1CC[C@H](c2ccc(C(=O)OC[C@H]3OC(C)(C)O[C@@H]3COC(=O)c3ccc([C@H]4CC[C@H](CCCCC)CC4)cc3)cc2)CC1. The fourth-order valence-electron chi connectivity index (χ4n) is 8.39. The van der Waals surface area contributed by atoms with Crippen LogP contribution in [0.3, 0.4) is 0 Å². The third kappa shape index (κ3) is 11.1. The predicted octanol–water partition coefficient (Wildman–Crippen LogP) is 10.9. The lowest BCUT2D eigenvalue weighted by atomic mass is 9.77. The minimum Gasteiger partial charge on any atom is -0.459 e. The standard InChI is InChI=1S/C43H62O6/c1-5-7-9-11-31-13-17-33(18-14-31)35-21-25-37(26-22-35)41(44)46-29-39-40(49-43(3,4)48-39)30-47-42(45)38-27-23-36(24-28-38)34-19-15-32(16-20-34)12-10-8-6-2/h21-28,31-34,39-40H,5-20,29-30H2,1-4H3/t31-,32-,33-,34-,39-,40-/m1/s1. The second kappa shape index (κ2) is 18.5. The molecule has 0 unspecified atom stereocenters. The number of ether oxygens (including phenoxy) is 4. The Morgan fingerprint density at radius 1 is 0.592 bits per heavy atom. The van der Waals surface area contributed by atoms with Crippen molar-refractivity contribution in [3.63, 3.8) is 0 Å². The van der Waals surface area contributed by atoms with E-state index in [1.54, 1.807) is 0 Å². The summed E-state index contributed by atoms with van der Waals surface area (Å²) in [6, 6.07) is 15.9. The molecule has 0 radical (unpaired) electrons. The van der Waals surface area contributed by atoms with E-state index in [1.165, 1.54) is 114 Å². The van der Waals surface area contributed by atoms with Gasteiger partial charge in [-0.3, -0.25) is 0 Å². The van der Waals surface area contributed by atoms with Crippen LogP contribution in [-0.2, 0) is 18.9 Å². The van der Waals surface area contributed by atoms with Crippen molar-refractivity contribution in [3.05, 3.63) is 70.8 Å². The van der Waals surface area contributed by atoms with Gasteiger partial charge in [0.15, 0.2) is 5.79 Å². The highest BCUT2D eigenvalue weighted by atomic mass is 16.8. The molecule has 1 saturated heterocycles. The van der Waals surface area contributed by atoms with Gasteiger partial charge in [-0.25, -0.2) is 9.59 Å². The second-order valence-corrected chi connectivity index (χ2v) is 15.6. The summed E-state index contributed by atoms with van der Waals surface area (Å²) in [5.41, 5.74) is 3.69. The van der Waals surface area contributed by atoms with Gasteiger partial charge in [-0.2, -0.15) is 0 Å². The molecular weight excluding hydrogens is 612 g/mol. The Morgan fingerprint density at radius 3 is 1.31 bits per heavy atom. The van der Waals surface area contributed by atoms with Gasteiger partial charge in [-0.15, -0.1) is 0 Å². The highest BCUT2D eigenvalue weighted by Gasteiger charge is 2.42. The van der Waals surface area contributed by atoms with Crippen molar-refractivity contribution < 1.29 is 28.5 Å². The number of carbonyl (C=O) groups excluding carboxylic acids is 2. The number of rotatable bonds is 16. The van der Waals surface area contributed by atoms with E-state index >= 15 is 0 Å². The molecule has 2 aromatic rings. The van der Waals surface area contributed by atoms with Crippen molar-refractivity contribution >= 4 is 11.9 Å². The molecule has 3 fully saturated rings. The van der Waals surface area contributed by atoms with Gasteiger partial charge in [0.2, 0.25) is 0 Å². The number of unbranched alkanes of at least 4 members (excludes halogenated alkanes) is 4. The van der Waals surface area contributed by atoms with Crippen molar-refractivity contribution in [1.29, 1.82) is 0 Å². The molecule has 270 valence electrons. The summed E-state index contributed by atoms with van der Waals surface area (Å²) in [5.74, 6) is 1.25. The zero-order chi connectivity index (χ0) is 34.6. The van der Waals surface area contributed by atoms with Crippen molar-refractivity contribution in [1.82, 2.24) is 0 Å². The lowest BCUT2D eigenvalue weighted by molar-refractivity contribution is -0.151. The van der Waals surface area contributed by atoms with E-state index < -0.39 is 18.0 Å². The number of benzene rings is 2. The van der Waals surface area contributed by atoms with Gasteiger partial charge >= 0.3 is 11.9 Å². The van der Waals surface area contributed by atoms with E-state index in [-0.39, 0.29) is 25.2 Å². The van der Waals surface area contributed by atoms with Crippen LogP contribution in [0.4, 0.5) is 0 Å². The van der Waals surface area contributed by atoms with Crippen molar-refractivity contribution in [2.45, 2.75) is 160 Å². The van der Waals surface area contributed by atoms with Crippen LogP contribution in [0.5, 0.6) is 0 Å². The maximum absolute atomic E-state index is 13.0. The molecule has 3 aliphatic rings. The van der Waals surface area contributed by atoms with Crippen LogP contribution in [0, 0.1) is 11.8 Å². The summed E-state index contributed by atoms with van der Waals surface area (Å²) >= 11 is 0. The van der Waals surface area contributed by atoms with E-state index in [0.29, 0.717) is 23.0 Å². The van der Waals surface area contributed by atoms with Crippen LogP contribution in [0.15, 0.2) is 48.5 Å². The fraction of sp³-hybridized carbons (Fsp3) is 0.674. The van der Waals surface area contributed by atoms with Crippen molar-refractivity contribution in [2.75, 3.05) is 13.2 Å². The van der Waals surface area contributed by atoms with E-state index in [9.17, 15) is 9.59 Å². The first kappa shape index (κ1) is 37.6. The Bertz CT molecular complexity index is 1190. The summed E-state index contributed by atoms with van der Waals surface area (Å²) in [6.45, 7) is 8.21. The van der Waals surface area contributed by atoms with Crippen LogP contribution in [0.1, 0.15) is 174 Å². The van der Waals surface area contributed by atoms with E-state index in [2.05, 4.69) is 38.1 Å². The Morgan fingerprint density at radius 2 is 0.959 bits per heavy atom. The smallest absolute Gasteiger partial charge is 0.338 e. The fourth-order valence-corrected chi connectivity index (χ4v) is 8.39. The maximum Gasteiger partial charge on any atom is 0.338 e. The summed E-state index contributed by atoms with van der Waals surface area (Å²) in [5, 5.41) is 0. The Hall–Kier alpha value is -2.70. The normalized spacial score (nSPS) is 26.7. The molecule has 1 aliphatic heterocycles. The van der Waals surface area contributed by atoms with Gasteiger partial charge in [-0.05, 0) is 124 Å². The van der Waals surface area contributed by atoms with E-state index in [4.69, 9.17) is 18.9 Å². The average Bonchev–Trinajstić information content (AvgIpc) is 3.43. The molecule has 2 aliphatic carbocycles. The molecule has 6 nitrogen and oxygen atoms in total. The Kier molecular flexibility index (Phi) is 14.2. The summed E-state index contributed by atoms with van der Waals surface area (Å²) in [4.78, 5) is 26.0. The van der Waals surface area contributed by atoms with Crippen LogP contribution in [0.25, 0.3) is 0 Å². The van der Waals surface area contributed by atoms with Crippen molar-refractivity contribution in [2.24, 2.45) is 11.8 Å². The van der Waals surface area contributed by atoms with Crippen LogP contribution in [0.2, 0.25) is 0 Å². The molecule has 0 aromatic heterocycles. The summed E-state index contributed by atoms with van der Waals surface area (Å²) < 4.78 is 23.5. The molecule has 2 aromatic carbocycles. The first-order chi connectivity index (χ1) is 23.7. The molecule has 0 amide bonds. The second-order valence-electron chi connectivity index (χ2n) is 15.6. The molecule has 5 rings (SSSR count). The number of hydrogen-bond donors (Lipinski definition) is 0. The minimum atomic E-state index is -0.874. The topological polar surface area (TPSA) is 71.1 Å². The van der Waals surface area contributed by atoms with Crippen molar-refractivity contribution in [3.8, 4) is 0 Å². The molecule has 49 heavy (non-hydrogen) atoms. The van der Waals surface area contributed by atoms with E-state index in [1.807, 2.05) is 38.1 Å².